The summed E-state index contributed by atoms with van der Waals surface area (Å²) in [5.74, 6) is 0. The minimum absolute atomic E-state index is 0.124. The highest BCUT2D eigenvalue weighted by molar-refractivity contribution is 7.89. The summed E-state index contributed by atoms with van der Waals surface area (Å²) in [5, 5.41) is 10.3. The van der Waals surface area contributed by atoms with Gasteiger partial charge in [-0.15, -0.1) is 0 Å². The molecule has 0 aromatic carbocycles. The maximum atomic E-state index is 11.9. The van der Waals surface area contributed by atoms with Crippen LogP contribution in [0.4, 0.5) is 0 Å². The topological polar surface area (TPSA) is 119 Å². The van der Waals surface area contributed by atoms with Gasteiger partial charge in [0.1, 0.15) is 4.90 Å². The van der Waals surface area contributed by atoms with E-state index in [1.54, 1.807) is 12.4 Å². The Labute approximate surface area is 104 Å². The predicted octanol–water partition coefficient (Wildman–Crippen LogP) is -0.957. The normalized spacial score (nSPS) is 11.8. The lowest BCUT2D eigenvalue weighted by molar-refractivity contribution is 0.580. The van der Waals surface area contributed by atoms with E-state index in [-0.39, 0.29) is 11.4 Å². The number of H-pyrrole nitrogens is 1. The van der Waals surface area contributed by atoms with Crippen LogP contribution >= 0.6 is 0 Å². The van der Waals surface area contributed by atoms with Crippen LogP contribution in [0.3, 0.4) is 0 Å². The molecule has 0 unspecified atom stereocenters. The molecule has 0 aliphatic rings. The zero-order chi connectivity index (χ0) is 13.0. The SMILES string of the molecule is NCCn1cc(S(=O)(=O)NCc2cn[nH]c2)cn1. The number of hydrogen-bond donors (Lipinski definition) is 3. The Morgan fingerprint density at radius 1 is 1.44 bits per heavy atom. The molecule has 98 valence electrons. The van der Waals surface area contributed by atoms with Gasteiger partial charge in [-0.05, 0) is 0 Å². The number of nitrogens with zero attached hydrogens (tertiary/aromatic N) is 3. The molecule has 9 heteroatoms. The van der Waals surface area contributed by atoms with E-state index in [1.807, 2.05) is 0 Å². The molecule has 8 nitrogen and oxygen atoms in total. The Balaban J connectivity index is 2.05. The zero-order valence-corrected chi connectivity index (χ0v) is 10.4. The molecule has 2 rings (SSSR count). The molecule has 18 heavy (non-hydrogen) atoms. The van der Waals surface area contributed by atoms with Crippen molar-refractivity contribution in [3.63, 3.8) is 0 Å². The first-order valence-electron chi connectivity index (χ1n) is 5.31. The second kappa shape index (κ2) is 5.29. The molecule has 0 fully saturated rings. The van der Waals surface area contributed by atoms with E-state index in [2.05, 4.69) is 20.0 Å². The Hall–Kier alpha value is -1.71. The highest BCUT2D eigenvalue weighted by atomic mass is 32.2. The van der Waals surface area contributed by atoms with Gasteiger partial charge in [0.05, 0.1) is 18.9 Å². The van der Waals surface area contributed by atoms with E-state index >= 15 is 0 Å². The van der Waals surface area contributed by atoms with Crippen molar-refractivity contribution in [1.29, 1.82) is 0 Å². The minimum Gasteiger partial charge on any atom is -0.329 e. The maximum absolute atomic E-state index is 11.9. The van der Waals surface area contributed by atoms with Crippen LogP contribution in [0.25, 0.3) is 0 Å². The van der Waals surface area contributed by atoms with Crippen LogP contribution in [0.1, 0.15) is 5.56 Å². The van der Waals surface area contributed by atoms with Crippen molar-refractivity contribution >= 4 is 10.0 Å². The molecule has 0 bridgehead atoms. The number of aromatic nitrogens is 4. The number of nitrogens with one attached hydrogen (secondary N) is 2. The van der Waals surface area contributed by atoms with E-state index < -0.39 is 10.0 Å². The summed E-state index contributed by atoms with van der Waals surface area (Å²) in [4.78, 5) is 0.124. The molecule has 0 aliphatic heterocycles. The highest BCUT2D eigenvalue weighted by Gasteiger charge is 2.16. The molecule has 0 spiro atoms. The fraction of sp³-hybridized carbons (Fsp3) is 0.333. The summed E-state index contributed by atoms with van der Waals surface area (Å²) in [6.45, 7) is 1.07. The lowest BCUT2D eigenvalue weighted by Gasteiger charge is -2.02. The van der Waals surface area contributed by atoms with Crippen LogP contribution in [0, 0.1) is 0 Å². The van der Waals surface area contributed by atoms with Crippen LogP contribution in [0.15, 0.2) is 29.7 Å². The minimum atomic E-state index is -3.55. The fourth-order valence-electron chi connectivity index (χ4n) is 1.37. The van der Waals surface area contributed by atoms with E-state index in [4.69, 9.17) is 5.73 Å². The summed E-state index contributed by atoms with van der Waals surface area (Å²) in [5.41, 5.74) is 6.12. The van der Waals surface area contributed by atoms with Gasteiger partial charge in [-0.25, -0.2) is 13.1 Å². The Morgan fingerprint density at radius 3 is 2.94 bits per heavy atom. The van der Waals surface area contributed by atoms with Gasteiger partial charge in [0.25, 0.3) is 0 Å². The van der Waals surface area contributed by atoms with Gasteiger partial charge in [-0.2, -0.15) is 10.2 Å². The van der Waals surface area contributed by atoms with Crippen LogP contribution in [0.5, 0.6) is 0 Å². The lowest BCUT2D eigenvalue weighted by atomic mass is 10.4. The van der Waals surface area contributed by atoms with Gasteiger partial charge < -0.3 is 5.73 Å². The van der Waals surface area contributed by atoms with Gasteiger partial charge in [0.2, 0.25) is 10.0 Å². The van der Waals surface area contributed by atoms with Crippen molar-refractivity contribution < 1.29 is 8.42 Å². The van der Waals surface area contributed by atoms with Crippen molar-refractivity contribution in [3.8, 4) is 0 Å². The zero-order valence-electron chi connectivity index (χ0n) is 9.57. The summed E-state index contributed by atoms with van der Waals surface area (Å²) < 4.78 is 27.8. The molecular formula is C9H14N6O2S. The van der Waals surface area contributed by atoms with Crippen molar-refractivity contribution in [3.05, 3.63) is 30.4 Å². The van der Waals surface area contributed by atoms with Crippen molar-refractivity contribution in [1.82, 2.24) is 24.7 Å². The average Bonchev–Trinajstić information content (AvgIpc) is 2.98. The first kappa shape index (κ1) is 12.7. The Kier molecular flexibility index (Phi) is 3.75. The van der Waals surface area contributed by atoms with Crippen molar-refractivity contribution in [2.24, 2.45) is 5.73 Å². The van der Waals surface area contributed by atoms with Gasteiger partial charge in [-0.1, -0.05) is 0 Å². The molecular weight excluding hydrogens is 256 g/mol. The standard InChI is InChI=1S/C9H14N6O2S/c10-1-2-15-7-9(6-13-15)18(16,17)14-5-8-3-11-12-4-8/h3-4,6-7,14H,1-2,5,10H2,(H,11,12). The van der Waals surface area contributed by atoms with Gasteiger partial charge in [0.15, 0.2) is 0 Å². The molecule has 4 N–H and O–H groups in total. The number of nitrogens with two attached hydrogens (primary N) is 1. The molecule has 0 saturated heterocycles. The number of sulfonamides is 1. The predicted molar refractivity (Wildman–Crippen MR) is 63.9 cm³/mol. The number of aromatic amines is 1. The first-order chi connectivity index (χ1) is 8.62. The molecule has 0 saturated carbocycles. The molecule has 0 atom stereocenters. The van der Waals surface area contributed by atoms with Crippen molar-refractivity contribution in [2.75, 3.05) is 6.54 Å². The number of rotatable bonds is 6. The van der Waals surface area contributed by atoms with Crippen LogP contribution in [0.2, 0.25) is 0 Å². The summed E-state index contributed by atoms with van der Waals surface area (Å²) in [6, 6.07) is 0. The smallest absolute Gasteiger partial charge is 0.243 e. The Morgan fingerprint density at radius 2 is 2.28 bits per heavy atom. The average molecular weight is 270 g/mol. The van der Waals surface area contributed by atoms with Crippen LogP contribution in [-0.4, -0.2) is 34.9 Å². The summed E-state index contributed by atoms with van der Waals surface area (Å²) in [7, 11) is -3.55. The largest absolute Gasteiger partial charge is 0.329 e. The van der Waals surface area contributed by atoms with Gasteiger partial charge in [0, 0.05) is 31.0 Å². The van der Waals surface area contributed by atoms with E-state index in [1.165, 1.54) is 17.1 Å². The molecule has 0 aliphatic carbocycles. The van der Waals surface area contributed by atoms with Crippen molar-refractivity contribution in [2.45, 2.75) is 18.0 Å². The first-order valence-corrected chi connectivity index (χ1v) is 6.80. The third kappa shape index (κ3) is 2.94. The number of hydrogen-bond acceptors (Lipinski definition) is 5. The second-order valence-corrected chi connectivity index (χ2v) is 5.43. The lowest BCUT2D eigenvalue weighted by Crippen LogP contribution is -2.22. The van der Waals surface area contributed by atoms with E-state index in [0.717, 1.165) is 5.56 Å². The van der Waals surface area contributed by atoms with Crippen LogP contribution in [-0.2, 0) is 23.1 Å². The highest BCUT2D eigenvalue weighted by Crippen LogP contribution is 2.07. The van der Waals surface area contributed by atoms with Gasteiger partial charge >= 0.3 is 0 Å². The fourth-order valence-corrected chi connectivity index (χ4v) is 2.34. The molecule has 0 amide bonds. The van der Waals surface area contributed by atoms with E-state index in [0.29, 0.717) is 13.1 Å². The molecule has 2 aromatic heterocycles. The third-order valence-corrected chi connectivity index (χ3v) is 3.66. The third-order valence-electron chi connectivity index (χ3n) is 2.30. The van der Waals surface area contributed by atoms with Gasteiger partial charge in [-0.3, -0.25) is 9.78 Å². The summed E-state index contributed by atoms with van der Waals surface area (Å²) >= 11 is 0. The van der Waals surface area contributed by atoms with Crippen LogP contribution < -0.4 is 10.5 Å². The molecule has 2 aromatic rings. The summed E-state index contributed by atoms with van der Waals surface area (Å²) in [6.07, 6.45) is 5.93. The quantitative estimate of drug-likeness (QED) is 0.625. The van der Waals surface area contributed by atoms with E-state index in [9.17, 15) is 8.42 Å². The maximum Gasteiger partial charge on any atom is 0.243 e. The Bertz CT molecular complexity index is 588. The second-order valence-electron chi connectivity index (χ2n) is 3.66. The monoisotopic (exact) mass is 270 g/mol. The molecule has 2 heterocycles. The molecule has 0 radical (unpaired) electrons.